The minimum absolute atomic E-state index is 0.0134. The molecule has 1 amide bonds. The molecule has 1 rings (SSSR count). The minimum Gasteiger partial charge on any atom is -0.396 e. The van der Waals surface area contributed by atoms with Gasteiger partial charge < -0.3 is 10.4 Å². The Labute approximate surface area is 113 Å². The van der Waals surface area contributed by atoms with Crippen molar-refractivity contribution in [3.8, 4) is 0 Å². The molecular formula is C15H20FNO2. The summed E-state index contributed by atoms with van der Waals surface area (Å²) in [5, 5.41) is 11.8. The van der Waals surface area contributed by atoms with Crippen LogP contribution < -0.4 is 5.32 Å². The maximum atomic E-state index is 13.3. The number of aliphatic hydroxyl groups is 1. The summed E-state index contributed by atoms with van der Waals surface area (Å²) in [7, 11) is 0. The van der Waals surface area contributed by atoms with E-state index in [1.165, 1.54) is 6.07 Å². The van der Waals surface area contributed by atoms with E-state index in [0.29, 0.717) is 5.56 Å². The normalized spacial score (nSPS) is 14.3. The number of rotatable bonds is 6. The van der Waals surface area contributed by atoms with Crippen molar-refractivity contribution in [1.29, 1.82) is 0 Å². The fraction of sp³-hybridized carbons (Fsp3) is 0.400. The Morgan fingerprint density at radius 3 is 2.74 bits per heavy atom. The Hall–Kier alpha value is -1.68. The molecule has 0 heterocycles. The fourth-order valence-electron chi connectivity index (χ4n) is 1.52. The highest BCUT2D eigenvalue weighted by atomic mass is 19.1. The summed E-state index contributed by atoms with van der Waals surface area (Å²) < 4.78 is 13.3. The van der Waals surface area contributed by atoms with Gasteiger partial charge in [-0.2, -0.15) is 0 Å². The van der Waals surface area contributed by atoms with Gasteiger partial charge in [0.15, 0.2) is 0 Å². The van der Waals surface area contributed by atoms with Gasteiger partial charge in [0.2, 0.25) is 5.91 Å². The fourth-order valence-corrected chi connectivity index (χ4v) is 1.52. The Balaban J connectivity index is 2.44. The summed E-state index contributed by atoms with van der Waals surface area (Å²) in [6.07, 6.45) is 3.41. The first-order valence-corrected chi connectivity index (χ1v) is 6.36. The van der Waals surface area contributed by atoms with Crippen LogP contribution in [-0.2, 0) is 4.79 Å². The molecule has 0 spiro atoms. The minimum atomic E-state index is -0.304. The number of hydrogen-bond donors (Lipinski definition) is 2. The highest BCUT2D eigenvalue weighted by Crippen LogP contribution is 2.08. The molecule has 0 radical (unpaired) electrons. The number of carbonyl (C=O) groups excluding carboxylic acids is 1. The van der Waals surface area contributed by atoms with E-state index in [2.05, 4.69) is 5.32 Å². The van der Waals surface area contributed by atoms with Gasteiger partial charge in [0, 0.05) is 24.6 Å². The molecule has 1 aromatic carbocycles. The highest BCUT2D eigenvalue weighted by molar-refractivity contribution is 5.78. The van der Waals surface area contributed by atoms with E-state index in [0.717, 1.165) is 0 Å². The molecule has 104 valence electrons. The lowest BCUT2D eigenvalue weighted by molar-refractivity contribution is -0.121. The number of carbonyl (C=O) groups is 1. The average molecular weight is 265 g/mol. The van der Waals surface area contributed by atoms with Crippen LogP contribution in [0.3, 0.4) is 0 Å². The summed E-state index contributed by atoms with van der Waals surface area (Å²) in [6, 6.07) is 6.31. The number of aliphatic hydroxyl groups excluding tert-OH is 1. The SMILES string of the molecule is CC(CO)C(C)NC(=O)C/C=C/c1ccccc1F. The second kappa shape index (κ2) is 7.69. The number of amides is 1. The molecule has 0 aliphatic carbocycles. The third kappa shape index (κ3) is 5.22. The first-order chi connectivity index (χ1) is 9.04. The monoisotopic (exact) mass is 265 g/mol. The van der Waals surface area contributed by atoms with E-state index >= 15 is 0 Å². The smallest absolute Gasteiger partial charge is 0.224 e. The predicted molar refractivity (Wildman–Crippen MR) is 73.9 cm³/mol. The van der Waals surface area contributed by atoms with E-state index in [9.17, 15) is 9.18 Å². The van der Waals surface area contributed by atoms with Gasteiger partial charge in [0.25, 0.3) is 0 Å². The molecule has 0 bridgehead atoms. The Bertz CT molecular complexity index is 446. The van der Waals surface area contributed by atoms with E-state index in [1.807, 2.05) is 13.8 Å². The predicted octanol–water partition coefficient (Wildman–Crippen LogP) is 2.36. The van der Waals surface area contributed by atoms with Crippen LogP contribution in [0.1, 0.15) is 25.8 Å². The topological polar surface area (TPSA) is 49.3 Å². The van der Waals surface area contributed by atoms with Crippen LogP contribution in [0.2, 0.25) is 0 Å². The molecule has 2 N–H and O–H groups in total. The van der Waals surface area contributed by atoms with Crippen molar-refractivity contribution in [2.75, 3.05) is 6.61 Å². The number of benzene rings is 1. The molecule has 4 heteroatoms. The summed E-state index contributed by atoms with van der Waals surface area (Å²) in [5.41, 5.74) is 0.465. The molecular weight excluding hydrogens is 245 g/mol. The molecule has 2 atom stereocenters. The van der Waals surface area contributed by atoms with Crippen molar-refractivity contribution in [3.63, 3.8) is 0 Å². The zero-order chi connectivity index (χ0) is 14.3. The first-order valence-electron chi connectivity index (χ1n) is 6.36. The van der Waals surface area contributed by atoms with Crippen LogP contribution in [0.25, 0.3) is 6.08 Å². The van der Waals surface area contributed by atoms with Crippen molar-refractivity contribution in [2.45, 2.75) is 26.3 Å². The van der Waals surface area contributed by atoms with E-state index in [1.54, 1.807) is 30.4 Å². The van der Waals surface area contributed by atoms with Gasteiger partial charge in [0.05, 0.1) is 0 Å². The van der Waals surface area contributed by atoms with Crippen molar-refractivity contribution in [1.82, 2.24) is 5.32 Å². The molecule has 0 saturated carbocycles. The van der Waals surface area contributed by atoms with Gasteiger partial charge in [-0.25, -0.2) is 4.39 Å². The lowest BCUT2D eigenvalue weighted by Crippen LogP contribution is -2.37. The van der Waals surface area contributed by atoms with E-state index in [-0.39, 0.29) is 36.7 Å². The number of halogens is 1. The second-order valence-corrected chi connectivity index (χ2v) is 4.64. The maximum absolute atomic E-state index is 13.3. The summed E-state index contributed by atoms with van der Waals surface area (Å²) >= 11 is 0. The van der Waals surface area contributed by atoms with Crippen LogP contribution in [0, 0.1) is 11.7 Å². The summed E-state index contributed by atoms with van der Waals surface area (Å²) in [5.74, 6) is -0.429. The van der Waals surface area contributed by atoms with Gasteiger partial charge in [-0.3, -0.25) is 4.79 Å². The lowest BCUT2D eigenvalue weighted by atomic mass is 10.1. The highest BCUT2D eigenvalue weighted by Gasteiger charge is 2.12. The molecule has 0 saturated heterocycles. The standard InChI is InChI=1S/C15H20FNO2/c1-11(10-18)12(2)17-15(19)9-5-7-13-6-3-4-8-14(13)16/h3-8,11-12,18H,9-10H2,1-2H3,(H,17,19)/b7-5+. The van der Waals surface area contributed by atoms with E-state index in [4.69, 9.17) is 5.11 Å². The zero-order valence-corrected chi connectivity index (χ0v) is 11.3. The Kier molecular flexibility index (Phi) is 6.22. The quantitative estimate of drug-likeness (QED) is 0.829. The average Bonchev–Trinajstić information content (AvgIpc) is 2.40. The van der Waals surface area contributed by atoms with Gasteiger partial charge in [0.1, 0.15) is 5.82 Å². The van der Waals surface area contributed by atoms with Gasteiger partial charge in [-0.05, 0) is 18.9 Å². The summed E-state index contributed by atoms with van der Waals surface area (Å²) in [6.45, 7) is 3.74. The van der Waals surface area contributed by atoms with Crippen LogP contribution in [-0.4, -0.2) is 23.7 Å². The molecule has 0 fully saturated rings. The van der Waals surface area contributed by atoms with E-state index < -0.39 is 0 Å². The van der Waals surface area contributed by atoms with Gasteiger partial charge >= 0.3 is 0 Å². The van der Waals surface area contributed by atoms with Crippen molar-refractivity contribution in [3.05, 3.63) is 41.7 Å². The van der Waals surface area contributed by atoms with Crippen molar-refractivity contribution in [2.24, 2.45) is 5.92 Å². The van der Waals surface area contributed by atoms with Crippen molar-refractivity contribution < 1.29 is 14.3 Å². The summed E-state index contributed by atoms with van der Waals surface area (Å²) in [4.78, 5) is 11.6. The lowest BCUT2D eigenvalue weighted by Gasteiger charge is -2.18. The second-order valence-electron chi connectivity index (χ2n) is 4.64. The third-order valence-electron chi connectivity index (χ3n) is 3.04. The van der Waals surface area contributed by atoms with Gasteiger partial charge in [-0.15, -0.1) is 0 Å². The molecule has 0 aliphatic rings. The molecule has 19 heavy (non-hydrogen) atoms. The van der Waals surface area contributed by atoms with Gasteiger partial charge in [-0.1, -0.05) is 37.3 Å². The largest absolute Gasteiger partial charge is 0.396 e. The Morgan fingerprint density at radius 1 is 1.42 bits per heavy atom. The maximum Gasteiger partial charge on any atom is 0.224 e. The molecule has 0 aliphatic heterocycles. The van der Waals surface area contributed by atoms with Crippen LogP contribution in [0.5, 0.6) is 0 Å². The van der Waals surface area contributed by atoms with Crippen LogP contribution in [0.4, 0.5) is 4.39 Å². The third-order valence-corrected chi connectivity index (χ3v) is 3.04. The molecule has 0 aromatic heterocycles. The number of hydrogen-bond acceptors (Lipinski definition) is 2. The zero-order valence-electron chi connectivity index (χ0n) is 11.3. The van der Waals surface area contributed by atoms with Crippen molar-refractivity contribution >= 4 is 12.0 Å². The molecule has 1 aromatic rings. The van der Waals surface area contributed by atoms with Crippen LogP contribution in [0.15, 0.2) is 30.3 Å². The Morgan fingerprint density at radius 2 is 2.11 bits per heavy atom. The molecule has 3 nitrogen and oxygen atoms in total. The number of nitrogens with one attached hydrogen (secondary N) is 1. The van der Waals surface area contributed by atoms with Crippen LogP contribution >= 0.6 is 0 Å². The molecule has 2 unspecified atom stereocenters. The first kappa shape index (κ1) is 15.4.